The first kappa shape index (κ1) is 32.6. The number of nitrogens with zero attached hydrogens (tertiary/aromatic N) is 2. The van der Waals surface area contributed by atoms with Crippen molar-refractivity contribution in [3.05, 3.63) is 188 Å². The molecule has 3 heterocycles. The molecule has 0 bridgehead atoms. The lowest BCUT2D eigenvalue weighted by atomic mass is 9.97. The predicted octanol–water partition coefficient (Wildman–Crippen LogP) is 14.0. The van der Waals surface area contributed by atoms with Crippen LogP contribution in [-0.4, -0.2) is 9.97 Å². The van der Waals surface area contributed by atoms with Crippen LogP contribution in [0.2, 0.25) is 0 Å². The molecule has 0 aliphatic heterocycles. The average molecular weight is 751 g/mol. The fourth-order valence-electron chi connectivity index (χ4n) is 7.92. The van der Waals surface area contributed by atoms with Crippen LogP contribution in [0.4, 0.5) is 0 Å². The minimum absolute atomic E-state index is 0.682. The van der Waals surface area contributed by atoms with Crippen molar-refractivity contribution in [2.75, 3.05) is 0 Å². The first-order valence-corrected chi connectivity index (χ1v) is 20.4. The van der Waals surface area contributed by atoms with Crippen molar-refractivity contribution in [2.24, 2.45) is 0 Å². The smallest absolute Gasteiger partial charge is 0.240 e. The van der Waals surface area contributed by atoms with Gasteiger partial charge in [0.15, 0.2) is 0 Å². The summed E-state index contributed by atoms with van der Waals surface area (Å²) in [6.45, 7) is 0. The van der Waals surface area contributed by atoms with Gasteiger partial charge in [-0.15, -0.1) is 22.7 Å². The van der Waals surface area contributed by atoms with Crippen LogP contribution in [0.3, 0.4) is 0 Å². The second-order valence-electron chi connectivity index (χ2n) is 14.0. The molecule has 11 aromatic rings. The van der Waals surface area contributed by atoms with E-state index in [1.165, 1.54) is 68.2 Å². The molecule has 262 valence electrons. The van der Waals surface area contributed by atoms with Crippen LogP contribution in [0, 0.1) is 0 Å². The number of benzene rings is 8. The maximum atomic E-state index is 5.24. The molecule has 0 radical (unpaired) electrons. The summed E-state index contributed by atoms with van der Waals surface area (Å²) >= 11 is 3.67. The van der Waals surface area contributed by atoms with Gasteiger partial charge in [0, 0.05) is 40.3 Å². The fraction of sp³-hybridized carbons (Fsp3) is 0. The summed E-state index contributed by atoms with van der Waals surface area (Å²) in [7, 11) is 0. The van der Waals surface area contributed by atoms with Crippen molar-refractivity contribution in [3.8, 4) is 67.5 Å². The van der Waals surface area contributed by atoms with Crippen LogP contribution in [0.25, 0.3) is 108 Å². The molecule has 0 saturated carbocycles. The highest BCUT2D eigenvalue weighted by molar-refractivity contribution is 7.26. The molecule has 5 heteroatoms. The van der Waals surface area contributed by atoms with Crippen LogP contribution >= 0.6 is 22.7 Å². The van der Waals surface area contributed by atoms with E-state index in [1.54, 1.807) is 0 Å². The highest BCUT2D eigenvalue weighted by Crippen LogP contribution is 2.42. The number of H-pyrrole nitrogens is 1. The predicted molar refractivity (Wildman–Crippen MR) is 237 cm³/mol. The Kier molecular flexibility index (Phi) is 7.87. The van der Waals surface area contributed by atoms with Crippen molar-refractivity contribution < 1.29 is 4.98 Å². The molecule has 0 spiro atoms. The molecular weight excluding hydrogens is 719 g/mol. The zero-order chi connectivity index (χ0) is 37.0. The van der Waals surface area contributed by atoms with Gasteiger partial charge >= 0.3 is 5.82 Å². The lowest BCUT2D eigenvalue weighted by Crippen LogP contribution is -2.17. The van der Waals surface area contributed by atoms with Gasteiger partial charge in [0.2, 0.25) is 0 Å². The number of rotatable bonds is 6. The molecule has 0 fully saturated rings. The highest BCUT2D eigenvalue weighted by Gasteiger charge is 2.23. The van der Waals surface area contributed by atoms with Crippen molar-refractivity contribution in [2.45, 2.75) is 0 Å². The highest BCUT2D eigenvalue weighted by atomic mass is 32.1. The van der Waals surface area contributed by atoms with Gasteiger partial charge in [0.1, 0.15) is 0 Å². The van der Waals surface area contributed by atoms with E-state index in [0.717, 1.165) is 33.9 Å². The summed E-state index contributed by atoms with van der Waals surface area (Å²) in [6, 6.07) is 67.2. The van der Waals surface area contributed by atoms with E-state index in [0.29, 0.717) is 5.82 Å². The monoisotopic (exact) mass is 750 g/mol. The standard InChI is InChI=1S/C51H31N3S2/c1-3-12-32(13-4-1)33-24-26-34(27-25-33)36-28-29-44-42(31-36)48-41(20-11-23-46(48)56-44)51-53-49(35-14-5-2-6-15-35)52-50(54-51)38-17-9-16-37(30-38)39-19-10-22-45-47(39)40-18-7-8-21-43(40)55-45/h1-31H/p+1. The Morgan fingerprint density at radius 2 is 0.839 bits per heavy atom. The second kappa shape index (κ2) is 13.5. The van der Waals surface area contributed by atoms with E-state index in [-0.39, 0.29) is 0 Å². The number of fused-ring (bicyclic) bond motifs is 6. The van der Waals surface area contributed by atoms with Gasteiger partial charge in [-0.05, 0) is 94.0 Å². The van der Waals surface area contributed by atoms with Crippen LogP contribution in [0.15, 0.2) is 188 Å². The molecule has 3 aromatic heterocycles. The first-order valence-electron chi connectivity index (χ1n) is 18.7. The average Bonchev–Trinajstić information content (AvgIpc) is 3.85. The van der Waals surface area contributed by atoms with Crippen LogP contribution in [-0.2, 0) is 0 Å². The van der Waals surface area contributed by atoms with Crippen LogP contribution < -0.4 is 4.98 Å². The number of aromatic amines is 1. The summed E-state index contributed by atoms with van der Waals surface area (Å²) in [5.41, 5.74) is 10.2. The molecular formula is C51H32N3S2+. The number of thiophene rings is 2. The van der Waals surface area contributed by atoms with Crippen molar-refractivity contribution in [1.29, 1.82) is 0 Å². The minimum Gasteiger partial charge on any atom is -0.240 e. The Hall–Kier alpha value is -6.79. The lowest BCUT2D eigenvalue weighted by molar-refractivity contribution is -0.359. The number of aromatic nitrogens is 3. The van der Waals surface area contributed by atoms with Crippen LogP contribution in [0.1, 0.15) is 0 Å². The molecule has 11 rings (SSSR count). The molecule has 0 aliphatic rings. The van der Waals surface area contributed by atoms with Gasteiger partial charge in [-0.25, -0.2) is 4.98 Å². The van der Waals surface area contributed by atoms with Gasteiger partial charge in [-0.2, -0.15) is 0 Å². The van der Waals surface area contributed by atoms with Crippen molar-refractivity contribution in [3.63, 3.8) is 0 Å². The molecule has 3 nitrogen and oxygen atoms in total. The SMILES string of the molecule is c1ccc(-c2ccc(-c3ccc4sc5cccc(-c6nc(-c7ccccc7)nc(-c7cccc(-c8cccc9sc%10ccccc%10c89)c7)[nH+]6)c5c4c3)cc2)cc1. The second-order valence-corrected chi connectivity index (χ2v) is 16.2. The maximum Gasteiger partial charge on any atom is 0.308 e. The minimum atomic E-state index is 0.682. The van der Waals surface area contributed by atoms with Gasteiger partial charge in [0.25, 0.3) is 11.6 Å². The Balaban J connectivity index is 1.06. The topological polar surface area (TPSA) is 39.9 Å². The quantitative estimate of drug-likeness (QED) is 0.170. The summed E-state index contributed by atoms with van der Waals surface area (Å²) in [5, 5.41) is 5.00. The summed E-state index contributed by atoms with van der Waals surface area (Å²) in [5.74, 6) is 2.24. The third-order valence-electron chi connectivity index (χ3n) is 10.6. The van der Waals surface area contributed by atoms with Gasteiger partial charge in [-0.3, -0.25) is 0 Å². The van der Waals surface area contributed by atoms with Gasteiger partial charge < -0.3 is 0 Å². The van der Waals surface area contributed by atoms with E-state index < -0.39 is 0 Å². The number of hydrogen-bond donors (Lipinski definition) is 0. The third-order valence-corrected chi connectivity index (χ3v) is 12.9. The molecule has 8 aromatic carbocycles. The number of hydrogen-bond acceptors (Lipinski definition) is 4. The summed E-state index contributed by atoms with van der Waals surface area (Å²) in [4.78, 5) is 14.2. The van der Waals surface area contributed by atoms with E-state index in [9.17, 15) is 0 Å². The van der Waals surface area contributed by atoms with E-state index >= 15 is 0 Å². The van der Waals surface area contributed by atoms with Gasteiger partial charge in [-0.1, -0.05) is 137 Å². The fourth-order valence-corrected chi connectivity index (χ4v) is 10.2. The van der Waals surface area contributed by atoms with Crippen molar-refractivity contribution in [1.82, 2.24) is 9.97 Å². The largest absolute Gasteiger partial charge is 0.308 e. The molecule has 0 atom stereocenters. The Morgan fingerprint density at radius 1 is 0.321 bits per heavy atom. The lowest BCUT2D eigenvalue weighted by Gasteiger charge is -2.08. The molecule has 0 amide bonds. The zero-order valence-electron chi connectivity index (χ0n) is 30.1. The zero-order valence-corrected chi connectivity index (χ0v) is 31.7. The van der Waals surface area contributed by atoms with Crippen molar-refractivity contribution >= 4 is 63.0 Å². The maximum absolute atomic E-state index is 5.24. The molecule has 0 saturated heterocycles. The molecule has 0 aliphatic carbocycles. The molecule has 0 unspecified atom stereocenters. The Labute approximate surface area is 331 Å². The molecule has 1 N–H and O–H groups in total. The Bertz CT molecular complexity index is 3240. The Morgan fingerprint density at radius 3 is 1.61 bits per heavy atom. The summed E-state index contributed by atoms with van der Waals surface area (Å²) in [6.07, 6.45) is 0. The van der Waals surface area contributed by atoms with E-state index in [1.807, 2.05) is 40.9 Å². The number of nitrogens with one attached hydrogen (secondary N) is 1. The van der Waals surface area contributed by atoms with E-state index in [2.05, 4.69) is 175 Å². The van der Waals surface area contributed by atoms with Gasteiger partial charge in [0.05, 0.1) is 16.7 Å². The normalized spacial score (nSPS) is 11.6. The summed E-state index contributed by atoms with van der Waals surface area (Å²) < 4.78 is 5.06. The van der Waals surface area contributed by atoms with E-state index in [4.69, 9.17) is 9.97 Å². The molecule has 56 heavy (non-hydrogen) atoms. The first-order chi connectivity index (χ1) is 27.7. The third kappa shape index (κ3) is 5.68. The van der Waals surface area contributed by atoms with Crippen LogP contribution in [0.5, 0.6) is 0 Å².